The second kappa shape index (κ2) is 6.07. The Morgan fingerprint density at radius 1 is 1.16 bits per heavy atom. The molecule has 124 valence electrons. The summed E-state index contributed by atoms with van der Waals surface area (Å²) in [6, 6.07) is 14.7. The number of rotatable bonds is 3. The highest BCUT2D eigenvalue weighted by molar-refractivity contribution is 7.10. The number of aromatic nitrogens is 1. The zero-order valence-electron chi connectivity index (χ0n) is 13.3. The predicted molar refractivity (Wildman–Crippen MR) is 101 cm³/mol. The number of aliphatic imine (C=N–C) groups is 1. The summed E-state index contributed by atoms with van der Waals surface area (Å²) in [5, 5.41) is 10.6. The van der Waals surface area contributed by atoms with Crippen LogP contribution in [0.4, 0.5) is 5.69 Å². The fraction of sp³-hybridized carbons (Fsp3) is 0.0526. The van der Waals surface area contributed by atoms with Crippen LogP contribution in [0.5, 0.6) is 11.6 Å². The lowest BCUT2D eigenvalue weighted by Crippen LogP contribution is -2.09. The molecule has 4 rings (SSSR count). The molecule has 0 amide bonds. The molecule has 2 heterocycles. The average Bonchev–Trinajstić information content (AvgIpc) is 3.17. The zero-order chi connectivity index (χ0) is 17.4. The van der Waals surface area contributed by atoms with Crippen molar-refractivity contribution in [1.82, 2.24) is 4.57 Å². The lowest BCUT2D eigenvalue weighted by Gasteiger charge is -2.05. The van der Waals surface area contributed by atoms with E-state index in [-0.39, 0.29) is 10.8 Å². The van der Waals surface area contributed by atoms with Crippen LogP contribution in [0.15, 0.2) is 58.3 Å². The maximum absolute atomic E-state index is 12.4. The van der Waals surface area contributed by atoms with Crippen LogP contribution in [-0.4, -0.2) is 23.0 Å². The molecule has 0 atom stereocenters. The third-order valence-electron chi connectivity index (χ3n) is 3.99. The summed E-state index contributed by atoms with van der Waals surface area (Å²) >= 11 is 0.995. The van der Waals surface area contributed by atoms with Gasteiger partial charge in [0, 0.05) is 17.4 Å². The Balaban J connectivity index is 1.77. The molecule has 5 nitrogen and oxygen atoms in total. The second-order valence-corrected chi connectivity index (χ2v) is 6.46. The molecular formula is C19H14N2O3S. The molecule has 1 aliphatic rings. The van der Waals surface area contributed by atoms with E-state index >= 15 is 0 Å². The topological polar surface area (TPSA) is 63.8 Å². The van der Waals surface area contributed by atoms with E-state index in [9.17, 15) is 9.90 Å². The second-order valence-electron chi connectivity index (χ2n) is 5.46. The highest BCUT2D eigenvalue weighted by Gasteiger charge is 2.17. The van der Waals surface area contributed by atoms with E-state index < -0.39 is 0 Å². The van der Waals surface area contributed by atoms with Gasteiger partial charge in [-0.25, -0.2) is 4.57 Å². The summed E-state index contributed by atoms with van der Waals surface area (Å²) in [5.41, 5.74) is 3.33. The molecule has 0 fully saturated rings. The predicted octanol–water partition coefficient (Wildman–Crippen LogP) is 3.87. The van der Waals surface area contributed by atoms with Crippen LogP contribution < -0.4 is 9.61 Å². The van der Waals surface area contributed by atoms with E-state index in [1.165, 1.54) is 4.57 Å². The lowest BCUT2D eigenvalue weighted by molar-refractivity contribution is 0.414. The first-order valence-corrected chi connectivity index (χ1v) is 8.43. The first kappa shape index (κ1) is 15.4. The largest absolute Gasteiger partial charge is 0.497 e. The van der Waals surface area contributed by atoms with Crippen molar-refractivity contribution in [3.63, 3.8) is 0 Å². The Morgan fingerprint density at radius 3 is 2.68 bits per heavy atom. The molecule has 1 aromatic heterocycles. The van der Waals surface area contributed by atoms with Crippen molar-refractivity contribution < 1.29 is 9.84 Å². The van der Waals surface area contributed by atoms with E-state index in [2.05, 4.69) is 4.99 Å². The van der Waals surface area contributed by atoms with Gasteiger partial charge in [0.25, 0.3) is 0 Å². The van der Waals surface area contributed by atoms with Crippen molar-refractivity contribution in [1.29, 1.82) is 0 Å². The number of nitrogens with zero attached hydrogens (tertiary/aromatic N) is 2. The zero-order valence-corrected chi connectivity index (χ0v) is 14.2. The van der Waals surface area contributed by atoms with Crippen LogP contribution in [0.1, 0.15) is 10.4 Å². The van der Waals surface area contributed by atoms with E-state index in [0.717, 1.165) is 28.2 Å². The number of aromatic hydroxyl groups is 1. The minimum absolute atomic E-state index is 0.0783. The van der Waals surface area contributed by atoms with Crippen molar-refractivity contribution in [3.8, 4) is 17.3 Å². The number of methoxy groups -OCH3 is 1. The van der Waals surface area contributed by atoms with Crippen LogP contribution in [-0.2, 0) is 0 Å². The molecule has 0 bridgehead atoms. The van der Waals surface area contributed by atoms with Crippen LogP contribution in [0, 0.1) is 0 Å². The molecule has 6 heteroatoms. The monoisotopic (exact) mass is 350 g/mol. The van der Waals surface area contributed by atoms with Crippen molar-refractivity contribution >= 4 is 34.9 Å². The summed E-state index contributed by atoms with van der Waals surface area (Å²) in [6.07, 6.45) is 3.53. The highest BCUT2D eigenvalue weighted by atomic mass is 32.1. The van der Waals surface area contributed by atoms with E-state index in [0.29, 0.717) is 16.3 Å². The van der Waals surface area contributed by atoms with Crippen LogP contribution in [0.3, 0.4) is 0 Å². The fourth-order valence-corrected chi connectivity index (χ4v) is 3.57. The summed E-state index contributed by atoms with van der Waals surface area (Å²) in [4.78, 5) is 17.0. The Hall–Kier alpha value is -3.12. The number of hydrogen-bond acceptors (Lipinski definition) is 5. The standard InChI is InChI=1S/C19H14N2O3S/c1-24-14-8-6-13(7-9-14)21-18(22)17(25-19(21)23)10-12-11-20-16-5-3-2-4-15(12)16/h2-11,22H,1H3/b12-10-. The van der Waals surface area contributed by atoms with Crippen molar-refractivity contribution in [2.75, 3.05) is 7.11 Å². The maximum Gasteiger partial charge on any atom is 0.315 e. The molecular weight excluding hydrogens is 336 g/mol. The molecule has 2 aromatic carbocycles. The van der Waals surface area contributed by atoms with Gasteiger partial charge in [-0.3, -0.25) is 9.79 Å². The maximum atomic E-state index is 12.4. The van der Waals surface area contributed by atoms with Gasteiger partial charge in [0.05, 0.1) is 23.4 Å². The molecule has 0 radical (unpaired) electrons. The molecule has 0 saturated carbocycles. The van der Waals surface area contributed by atoms with Gasteiger partial charge in [-0.15, -0.1) is 0 Å². The molecule has 0 unspecified atom stereocenters. The van der Waals surface area contributed by atoms with Gasteiger partial charge in [-0.2, -0.15) is 0 Å². The quantitative estimate of drug-likeness (QED) is 0.780. The SMILES string of the molecule is COc1ccc(-n2c(O)c(/C=C3/C=Nc4ccccc43)sc2=O)cc1. The van der Waals surface area contributed by atoms with Crippen molar-refractivity contribution in [3.05, 3.63) is 68.6 Å². The van der Waals surface area contributed by atoms with Gasteiger partial charge >= 0.3 is 4.87 Å². The van der Waals surface area contributed by atoms with Gasteiger partial charge in [0.15, 0.2) is 0 Å². The first-order chi connectivity index (χ1) is 12.2. The van der Waals surface area contributed by atoms with Crippen molar-refractivity contribution in [2.45, 2.75) is 0 Å². The normalized spacial score (nSPS) is 14.0. The Bertz CT molecular complexity index is 1060. The smallest absolute Gasteiger partial charge is 0.315 e. The van der Waals surface area contributed by atoms with Gasteiger partial charge in [0.2, 0.25) is 5.88 Å². The van der Waals surface area contributed by atoms with Crippen molar-refractivity contribution in [2.24, 2.45) is 4.99 Å². The molecule has 0 spiro atoms. The number of allylic oxidation sites excluding steroid dienone is 1. The Kier molecular flexibility index (Phi) is 3.74. The average molecular weight is 350 g/mol. The molecule has 25 heavy (non-hydrogen) atoms. The minimum Gasteiger partial charge on any atom is -0.497 e. The number of fused-ring (bicyclic) bond motifs is 1. The van der Waals surface area contributed by atoms with Gasteiger partial charge in [-0.1, -0.05) is 29.5 Å². The lowest BCUT2D eigenvalue weighted by atomic mass is 10.1. The Morgan fingerprint density at radius 2 is 1.92 bits per heavy atom. The molecule has 3 aromatic rings. The number of para-hydroxylation sites is 1. The minimum atomic E-state index is -0.252. The number of benzene rings is 2. The van der Waals surface area contributed by atoms with Crippen LogP contribution in [0.2, 0.25) is 0 Å². The molecule has 0 saturated heterocycles. The third kappa shape index (κ3) is 2.66. The fourth-order valence-electron chi connectivity index (χ4n) is 2.73. The van der Waals surface area contributed by atoms with E-state index in [4.69, 9.17) is 4.74 Å². The highest BCUT2D eigenvalue weighted by Crippen LogP contribution is 2.34. The number of ether oxygens (including phenoxy) is 1. The van der Waals surface area contributed by atoms with Gasteiger partial charge in [-0.05, 0) is 36.4 Å². The van der Waals surface area contributed by atoms with Crippen LogP contribution in [0.25, 0.3) is 17.3 Å². The molecule has 1 aliphatic heterocycles. The summed E-state index contributed by atoms with van der Waals surface area (Å²) in [5.74, 6) is 0.609. The molecule has 1 N–H and O–H groups in total. The summed E-state index contributed by atoms with van der Waals surface area (Å²) in [7, 11) is 1.58. The number of hydrogen-bond donors (Lipinski definition) is 1. The molecule has 0 aliphatic carbocycles. The third-order valence-corrected chi connectivity index (χ3v) is 4.86. The summed E-state index contributed by atoms with van der Waals surface area (Å²) in [6.45, 7) is 0. The Labute approximate surface area is 147 Å². The van der Waals surface area contributed by atoms with Gasteiger partial charge < -0.3 is 9.84 Å². The first-order valence-electron chi connectivity index (χ1n) is 7.62. The number of thiazole rings is 1. The van der Waals surface area contributed by atoms with Gasteiger partial charge in [0.1, 0.15) is 5.75 Å². The summed E-state index contributed by atoms with van der Waals surface area (Å²) < 4.78 is 6.41. The van der Waals surface area contributed by atoms with Crippen LogP contribution >= 0.6 is 11.3 Å². The van der Waals surface area contributed by atoms with E-state index in [1.54, 1.807) is 43.7 Å². The van der Waals surface area contributed by atoms with E-state index in [1.807, 2.05) is 24.3 Å².